The molecule has 0 unspecified atom stereocenters. The summed E-state index contributed by atoms with van der Waals surface area (Å²) in [6, 6.07) is 2.78. The van der Waals surface area contributed by atoms with Gasteiger partial charge in [-0.1, -0.05) is 0 Å². The minimum Gasteiger partial charge on any atom is -0.382 e. The van der Waals surface area contributed by atoms with E-state index in [1.54, 1.807) is 23.7 Å². The van der Waals surface area contributed by atoms with Crippen molar-refractivity contribution >= 4 is 23.0 Å². The van der Waals surface area contributed by atoms with Crippen molar-refractivity contribution in [3.63, 3.8) is 0 Å². The Bertz CT molecular complexity index is 476. The molecule has 0 atom stereocenters. The first-order valence-corrected chi connectivity index (χ1v) is 6.62. The van der Waals surface area contributed by atoms with Crippen LogP contribution in [0.5, 0.6) is 0 Å². The second-order valence-electron chi connectivity index (χ2n) is 4.29. The van der Waals surface area contributed by atoms with Crippen molar-refractivity contribution in [2.75, 3.05) is 10.6 Å². The lowest BCUT2D eigenvalue weighted by molar-refractivity contribution is 0.777. The Balaban J connectivity index is 1.82. The van der Waals surface area contributed by atoms with E-state index in [4.69, 9.17) is 5.73 Å². The number of thiophene rings is 1. The van der Waals surface area contributed by atoms with Gasteiger partial charge in [-0.2, -0.15) is 11.3 Å². The Hall–Kier alpha value is -1.62. The molecular weight excluding hydrogens is 232 g/mol. The van der Waals surface area contributed by atoms with E-state index in [0.717, 1.165) is 12.4 Å². The van der Waals surface area contributed by atoms with Gasteiger partial charge >= 0.3 is 0 Å². The lowest BCUT2D eigenvalue weighted by Gasteiger charge is -2.22. The summed E-state index contributed by atoms with van der Waals surface area (Å²) in [5.74, 6) is 1.40. The van der Waals surface area contributed by atoms with Gasteiger partial charge in [0.15, 0.2) is 0 Å². The zero-order chi connectivity index (χ0) is 11.7. The number of nitrogen functional groups attached to an aromatic ring is 1. The van der Waals surface area contributed by atoms with Crippen LogP contribution in [0, 0.1) is 0 Å². The monoisotopic (exact) mass is 246 g/mol. The van der Waals surface area contributed by atoms with Gasteiger partial charge in [0.05, 0.1) is 12.4 Å². The van der Waals surface area contributed by atoms with Gasteiger partial charge in [0, 0.05) is 12.6 Å². The van der Waals surface area contributed by atoms with Gasteiger partial charge in [-0.3, -0.25) is 0 Å². The second kappa shape index (κ2) is 4.33. The van der Waals surface area contributed by atoms with Crippen LogP contribution in [0.15, 0.2) is 29.2 Å². The summed E-state index contributed by atoms with van der Waals surface area (Å²) >= 11 is 1.73. The summed E-state index contributed by atoms with van der Waals surface area (Å²) in [7, 11) is 0. The van der Waals surface area contributed by atoms with E-state index >= 15 is 0 Å². The molecule has 1 fully saturated rings. The fourth-order valence-electron chi connectivity index (χ4n) is 1.84. The van der Waals surface area contributed by atoms with E-state index in [1.165, 1.54) is 18.4 Å². The zero-order valence-electron chi connectivity index (χ0n) is 9.41. The highest BCUT2D eigenvalue weighted by Crippen LogP contribution is 2.32. The molecule has 88 valence electrons. The van der Waals surface area contributed by atoms with E-state index in [2.05, 4.69) is 31.7 Å². The number of anilines is 2. The lowest BCUT2D eigenvalue weighted by Crippen LogP contribution is -2.25. The molecule has 0 aromatic carbocycles. The molecule has 3 rings (SSSR count). The minimum atomic E-state index is 0.472. The molecule has 4 nitrogen and oxygen atoms in total. The minimum absolute atomic E-state index is 0.472. The lowest BCUT2D eigenvalue weighted by atomic mass is 10.3. The first-order chi connectivity index (χ1) is 8.33. The van der Waals surface area contributed by atoms with Crippen molar-refractivity contribution in [2.24, 2.45) is 0 Å². The predicted molar refractivity (Wildman–Crippen MR) is 70.0 cm³/mol. The van der Waals surface area contributed by atoms with Crippen LogP contribution in [-0.4, -0.2) is 16.0 Å². The quantitative estimate of drug-likeness (QED) is 0.899. The van der Waals surface area contributed by atoms with E-state index in [1.807, 2.05) is 0 Å². The summed E-state index contributed by atoms with van der Waals surface area (Å²) in [5, 5.41) is 4.29. The summed E-state index contributed by atoms with van der Waals surface area (Å²) in [4.78, 5) is 10.8. The molecule has 0 bridgehead atoms. The SMILES string of the molecule is Nc1cnc(N(Cc2ccsc2)C2CC2)cn1. The number of aromatic nitrogens is 2. The molecule has 0 amide bonds. The summed E-state index contributed by atoms with van der Waals surface area (Å²) < 4.78 is 0. The van der Waals surface area contributed by atoms with E-state index in [0.29, 0.717) is 11.9 Å². The molecule has 17 heavy (non-hydrogen) atoms. The molecular formula is C12H14N4S. The first-order valence-electron chi connectivity index (χ1n) is 5.68. The third kappa shape index (κ3) is 2.39. The Labute approximate surface area is 104 Å². The molecule has 2 heterocycles. The van der Waals surface area contributed by atoms with Crippen LogP contribution >= 0.6 is 11.3 Å². The van der Waals surface area contributed by atoms with E-state index in [-0.39, 0.29) is 0 Å². The first kappa shape index (κ1) is 10.5. The molecule has 1 saturated carbocycles. The standard InChI is InChI=1S/C12H14N4S/c13-11-5-15-12(6-14-11)16(10-1-2-10)7-9-3-4-17-8-9/h3-6,8,10H,1-2,7H2,(H2,13,14). The molecule has 2 aromatic rings. The average molecular weight is 246 g/mol. The van der Waals surface area contributed by atoms with Crippen molar-refractivity contribution in [1.82, 2.24) is 9.97 Å². The number of nitrogens with two attached hydrogens (primary N) is 1. The van der Waals surface area contributed by atoms with Gasteiger partial charge in [0.25, 0.3) is 0 Å². The number of nitrogens with zero attached hydrogens (tertiary/aromatic N) is 3. The van der Waals surface area contributed by atoms with Crippen LogP contribution < -0.4 is 10.6 Å². The largest absolute Gasteiger partial charge is 0.382 e. The van der Waals surface area contributed by atoms with Gasteiger partial charge in [0.2, 0.25) is 0 Å². The topological polar surface area (TPSA) is 55.0 Å². The number of hydrogen-bond donors (Lipinski definition) is 1. The van der Waals surface area contributed by atoms with Crippen molar-refractivity contribution < 1.29 is 0 Å². The number of hydrogen-bond acceptors (Lipinski definition) is 5. The van der Waals surface area contributed by atoms with Crippen LogP contribution in [0.25, 0.3) is 0 Å². The van der Waals surface area contributed by atoms with Crippen molar-refractivity contribution in [3.8, 4) is 0 Å². The van der Waals surface area contributed by atoms with Crippen molar-refractivity contribution in [1.29, 1.82) is 0 Å². The third-order valence-corrected chi connectivity index (χ3v) is 3.61. The molecule has 0 saturated heterocycles. The van der Waals surface area contributed by atoms with Crippen molar-refractivity contribution in [3.05, 3.63) is 34.8 Å². The van der Waals surface area contributed by atoms with E-state index in [9.17, 15) is 0 Å². The smallest absolute Gasteiger partial charge is 0.147 e. The summed E-state index contributed by atoms with van der Waals surface area (Å²) in [5.41, 5.74) is 6.90. The fourth-order valence-corrected chi connectivity index (χ4v) is 2.50. The molecule has 2 N–H and O–H groups in total. The Kier molecular flexibility index (Phi) is 2.68. The fraction of sp³-hybridized carbons (Fsp3) is 0.333. The molecule has 0 radical (unpaired) electrons. The van der Waals surface area contributed by atoms with Gasteiger partial charge in [0.1, 0.15) is 11.6 Å². The maximum Gasteiger partial charge on any atom is 0.147 e. The Morgan fingerprint density at radius 3 is 2.82 bits per heavy atom. The molecule has 0 aliphatic heterocycles. The third-order valence-electron chi connectivity index (χ3n) is 2.87. The molecule has 1 aliphatic rings. The van der Waals surface area contributed by atoms with Crippen LogP contribution in [0.3, 0.4) is 0 Å². The van der Waals surface area contributed by atoms with E-state index < -0.39 is 0 Å². The molecule has 0 spiro atoms. The van der Waals surface area contributed by atoms with Crippen LogP contribution in [0.4, 0.5) is 11.6 Å². The highest BCUT2D eigenvalue weighted by molar-refractivity contribution is 7.07. The van der Waals surface area contributed by atoms with Gasteiger partial charge < -0.3 is 10.6 Å². The van der Waals surface area contributed by atoms with Gasteiger partial charge in [-0.05, 0) is 35.2 Å². The zero-order valence-corrected chi connectivity index (χ0v) is 10.2. The maximum absolute atomic E-state index is 5.56. The second-order valence-corrected chi connectivity index (χ2v) is 5.07. The Morgan fingerprint density at radius 1 is 1.35 bits per heavy atom. The van der Waals surface area contributed by atoms with Gasteiger partial charge in [-0.25, -0.2) is 9.97 Å². The predicted octanol–water partition coefficient (Wildman–Crippen LogP) is 2.29. The summed E-state index contributed by atoms with van der Waals surface area (Å²) in [6.45, 7) is 0.909. The maximum atomic E-state index is 5.56. The molecule has 1 aliphatic carbocycles. The average Bonchev–Trinajstić information content (AvgIpc) is 3.05. The van der Waals surface area contributed by atoms with Gasteiger partial charge in [-0.15, -0.1) is 0 Å². The Morgan fingerprint density at radius 2 is 2.24 bits per heavy atom. The molecule has 2 aromatic heterocycles. The van der Waals surface area contributed by atoms with Crippen LogP contribution in [-0.2, 0) is 6.54 Å². The summed E-state index contributed by atoms with van der Waals surface area (Å²) in [6.07, 6.45) is 5.88. The van der Waals surface area contributed by atoms with Crippen LogP contribution in [0.2, 0.25) is 0 Å². The number of rotatable bonds is 4. The van der Waals surface area contributed by atoms with Crippen molar-refractivity contribution in [2.45, 2.75) is 25.4 Å². The molecule has 5 heteroatoms. The highest BCUT2D eigenvalue weighted by atomic mass is 32.1. The van der Waals surface area contributed by atoms with Crippen LogP contribution in [0.1, 0.15) is 18.4 Å². The normalized spacial score (nSPS) is 14.8. The highest BCUT2D eigenvalue weighted by Gasteiger charge is 2.30.